The molecule has 48 valence electrons. The van der Waals surface area contributed by atoms with E-state index in [2.05, 4.69) is 10.7 Å². The molecule has 0 saturated carbocycles. The van der Waals surface area contributed by atoms with Crippen molar-refractivity contribution in [3.8, 4) is 12.3 Å². The topological polar surface area (TPSA) is 29.5 Å². The number of hydrogen-bond donors (Lipinski definition) is 0. The second-order valence-corrected chi connectivity index (χ2v) is 1.92. The molecule has 0 N–H and O–H groups in total. The van der Waals surface area contributed by atoms with Gasteiger partial charge in [-0.25, -0.2) is 4.79 Å². The Kier molecular flexibility index (Phi) is 1.31. The van der Waals surface area contributed by atoms with Gasteiger partial charge in [0.25, 0.3) is 0 Å². The lowest BCUT2D eigenvalue weighted by Crippen LogP contribution is -2.18. The van der Waals surface area contributed by atoms with Crippen molar-refractivity contribution >= 4 is 6.09 Å². The van der Waals surface area contributed by atoms with Gasteiger partial charge in [-0.3, -0.25) is 0 Å². The normalized spacial score (nSPS) is 25.6. The number of nitrogens with zero attached hydrogens (tertiary/aromatic N) is 1. The highest BCUT2D eigenvalue weighted by Crippen LogP contribution is 2.06. The SMILES string of the molecule is C#C[C@H]1CN(C)C(=O)O1. The molecular weight excluding hydrogens is 118 g/mol. The minimum atomic E-state index is -0.345. The van der Waals surface area contributed by atoms with E-state index >= 15 is 0 Å². The molecule has 0 aromatic heterocycles. The van der Waals surface area contributed by atoms with E-state index in [0.717, 1.165) is 0 Å². The smallest absolute Gasteiger partial charge is 0.410 e. The molecule has 0 unspecified atom stereocenters. The van der Waals surface area contributed by atoms with Crippen LogP contribution in [0.25, 0.3) is 0 Å². The fourth-order valence-electron chi connectivity index (χ4n) is 0.659. The molecule has 1 heterocycles. The number of cyclic esters (lactones) is 1. The fourth-order valence-corrected chi connectivity index (χ4v) is 0.659. The van der Waals surface area contributed by atoms with Gasteiger partial charge < -0.3 is 9.64 Å². The molecule has 1 aliphatic rings. The Labute approximate surface area is 53.6 Å². The molecule has 0 radical (unpaired) electrons. The van der Waals surface area contributed by atoms with Crippen molar-refractivity contribution in [2.24, 2.45) is 0 Å². The maximum absolute atomic E-state index is 10.6. The first-order valence-corrected chi connectivity index (χ1v) is 2.62. The van der Waals surface area contributed by atoms with Crippen LogP contribution in [-0.2, 0) is 4.74 Å². The first kappa shape index (κ1) is 5.96. The summed E-state index contributed by atoms with van der Waals surface area (Å²) in [6.45, 7) is 0.509. The third-order valence-corrected chi connectivity index (χ3v) is 1.18. The van der Waals surface area contributed by atoms with Crippen molar-refractivity contribution in [3.63, 3.8) is 0 Å². The van der Waals surface area contributed by atoms with Crippen LogP contribution in [0.4, 0.5) is 4.79 Å². The molecule has 1 saturated heterocycles. The predicted molar refractivity (Wildman–Crippen MR) is 31.7 cm³/mol. The molecule has 0 aliphatic carbocycles. The third kappa shape index (κ3) is 0.968. The Balaban J connectivity index is 2.57. The van der Waals surface area contributed by atoms with Crippen LogP contribution in [0.1, 0.15) is 0 Å². The van der Waals surface area contributed by atoms with Gasteiger partial charge in [0.15, 0.2) is 6.10 Å². The van der Waals surface area contributed by atoms with Gasteiger partial charge in [0.1, 0.15) is 0 Å². The van der Waals surface area contributed by atoms with Crippen molar-refractivity contribution in [1.29, 1.82) is 0 Å². The molecule has 0 aromatic rings. The van der Waals surface area contributed by atoms with Crippen LogP contribution >= 0.6 is 0 Å². The molecule has 0 aromatic carbocycles. The average molecular weight is 125 g/mol. The van der Waals surface area contributed by atoms with Crippen LogP contribution in [0.3, 0.4) is 0 Å². The second kappa shape index (κ2) is 1.98. The molecule has 3 nitrogen and oxygen atoms in total. The van der Waals surface area contributed by atoms with Gasteiger partial charge in [-0.1, -0.05) is 5.92 Å². The summed E-state index contributed by atoms with van der Waals surface area (Å²) in [5.74, 6) is 2.34. The van der Waals surface area contributed by atoms with Gasteiger partial charge in [0.2, 0.25) is 0 Å². The van der Waals surface area contributed by atoms with Crippen molar-refractivity contribution < 1.29 is 9.53 Å². The number of terminal acetylenes is 1. The summed E-state index contributed by atoms with van der Waals surface area (Å²) >= 11 is 0. The number of carbonyl (C=O) groups is 1. The van der Waals surface area contributed by atoms with Gasteiger partial charge in [-0.2, -0.15) is 0 Å². The molecule has 1 rings (SSSR count). The maximum Gasteiger partial charge on any atom is 0.410 e. The molecule has 1 fully saturated rings. The Morgan fingerprint density at radius 2 is 2.67 bits per heavy atom. The first-order valence-electron chi connectivity index (χ1n) is 2.62. The van der Waals surface area contributed by atoms with E-state index in [-0.39, 0.29) is 12.2 Å². The molecule has 1 amide bonds. The van der Waals surface area contributed by atoms with Gasteiger partial charge in [-0.05, 0) is 0 Å². The Bertz CT molecular complexity index is 170. The third-order valence-electron chi connectivity index (χ3n) is 1.18. The van der Waals surface area contributed by atoms with Gasteiger partial charge in [-0.15, -0.1) is 6.42 Å². The van der Waals surface area contributed by atoms with Crippen LogP contribution in [0.15, 0.2) is 0 Å². The van der Waals surface area contributed by atoms with E-state index in [4.69, 9.17) is 6.42 Å². The molecular formula is C6H7NO2. The number of rotatable bonds is 0. The minimum Gasteiger partial charge on any atom is -0.431 e. The molecule has 0 bridgehead atoms. The standard InChI is InChI=1S/C6H7NO2/c1-3-5-4-7(2)6(8)9-5/h1,5H,4H2,2H3/t5-/m0/s1. The summed E-state index contributed by atoms with van der Waals surface area (Å²) in [5.41, 5.74) is 0. The molecule has 1 aliphatic heterocycles. The van der Waals surface area contributed by atoms with Crippen molar-refractivity contribution in [1.82, 2.24) is 4.90 Å². The maximum atomic E-state index is 10.6. The van der Waals surface area contributed by atoms with Crippen molar-refractivity contribution in [3.05, 3.63) is 0 Å². The zero-order valence-corrected chi connectivity index (χ0v) is 5.13. The van der Waals surface area contributed by atoms with E-state index in [1.165, 1.54) is 4.90 Å². The summed E-state index contributed by atoms with van der Waals surface area (Å²) in [6.07, 6.45) is 4.32. The zero-order valence-electron chi connectivity index (χ0n) is 5.13. The van der Waals surface area contributed by atoms with Gasteiger partial charge in [0.05, 0.1) is 6.54 Å². The number of ether oxygens (including phenoxy) is 1. The highest BCUT2D eigenvalue weighted by Gasteiger charge is 2.25. The van der Waals surface area contributed by atoms with Gasteiger partial charge >= 0.3 is 6.09 Å². The van der Waals surface area contributed by atoms with Crippen LogP contribution in [0, 0.1) is 12.3 Å². The van der Waals surface area contributed by atoms with Crippen molar-refractivity contribution in [2.45, 2.75) is 6.10 Å². The molecule has 3 heteroatoms. The summed E-state index contributed by atoms with van der Waals surface area (Å²) in [6, 6.07) is 0. The lowest BCUT2D eigenvalue weighted by Gasteiger charge is -1.98. The molecule has 0 spiro atoms. The van der Waals surface area contributed by atoms with Gasteiger partial charge in [0, 0.05) is 7.05 Å². The Morgan fingerprint density at radius 3 is 2.89 bits per heavy atom. The number of carbonyl (C=O) groups excluding carboxylic acids is 1. The van der Waals surface area contributed by atoms with Crippen LogP contribution < -0.4 is 0 Å². The average Bonchev–Trinajstić information content (AvgIpc) is 2.13. The van der Waals surface area contributed by atoms with E-state index in [1.807, 2.05) is 0 Å². The lowest BCUT2D eigenvalue weighted by molar-refractivity contribution is 0.151. The van der Waals surface area contributed by atoms with E-state index in [1.54, 1.807) is 7.05 Å². The van der Waals surface area contributed by atoms with Crippen LogP contribution in [-0.4, -0.2) is 30.7 Å². The summed E-state index contributed by atoms with van der Waals surface area (Å²) in [7, 11) is 1.65. The summed E-state index contributed by atoms with van der Waals surface area (Å²) < 4.78 is 4.67. The largest absolute Gasteiger partial charge is 0.431 e. The minimum absolute atomic E-state index is 0.335. The van der Waals surface area contributed by atoms with Crippen LogP contribution in [0.5, 0.6) is 0 Å². The van der Waals surface area contributed by atoms with E-state index in [0.29, 0.717) is 6.54 Å². The number of likely N-dealkylation sites (N-methyl/N-ethyl adjacent to an activating group) is 1. The van der Waals surface area contributed by atoms with E-state index in [9.17, 15) is 4.79 Å². The highest BCUT2D eigenvalue weighted by atomic mass is 16.6. The number of hydrogen-bond acceptors (Lipinski definition) is 2. The van der Waals surface area contributed by atoms with Crippen molar-refractivity contribution in [2.75, 3.05) is 13.6 Å². The summed E-state index contributed by atoms with van der Waals surface area (Å²) in [4.78, 5) is 12.0. The zero-order chi connectivity index (χ0) is 6.85. The predicted octanol–water partition coefficient (Wildman–Crippen LogP) is 0.0702. The Morgan fingerprint density at radius 1 is 2.00 bits per heavy atom. The number of amides is 1. The fraction of sp³-hybridized carbons (Fsp3) is 0.500. The lowest BCUT2D eigenvalue weighted by atomic mass is 10.4. The Hall–Kier alpha value is -1.17. The molecule has 1 atom stereocenters. The summed E-state index contributed by atoms with van der Waals surface area (Å²) in [5, 5.41) is 0. The quantitative estimate of drug-likeness (QED) is 0.429. The molecule has 9 heavy (non-hydrogen) atoms. The second-order valence-electron chi connectivity index (χ2n) is 1.92. The van der Waals surface area contributed by atoms with Crippen LogP contribution in [0.2, 0.25) is 0 Å². The monoisotopic (exact) mass is 125 g/mol. The van der Waals surface area contributed by atoms with E-state index < -0.39 is 0 Å². The first-order chi connectivity index (χ1) is 4.24. The highest BCUT2D eigenvalue weighted by molar-refractivity contribution is 5.70.